The van der Waals surface area contributed by atoms with Crippen molar-refractivity contribution in [1.82, 2.24) is 19.9 Å². The summed E-state index contributed by atoms with van der Waals surface area (Å²) in [6.45, 7) is 10.7. The quantitative estimate of drug-likeness (QED) is 0.400. The van der Waals surface area contributed by atoms with Crippen LogP contribution in [0.15, 0.2) is 54.6 Å². The zero-order chi connectivity index (χ0) is 26.8. The summed E-state index contributed by atoms with van der Waals surface area (Å²) in [5, 5.41) is 0. The molecule has 196 valence electrons. The predicted octanol–water partition coefficient (Wildman–Crippen LogP) is 4.74. The Morgan fingerprint density at radius 2 is 1.63 bits per heavy atom. The fourth-order valence-electron chi connectivity index (χ4n) is 4.76. The van der Waals surface area contributed by atoms with E-state index in [-0.39, 0.29) is 18.5 Å². The van der Waals surface area contributed by atoms with Crippen LogP contribution in [0.25, 0.3) is 22.3 Å². The van der Waals surface area contributed by atoms with Crippen LogP contribution >= 0.6 is 0 Å². The third-order valence-electron chi connectivity index (χ3n) is 6.96. The van der Waals surface area contributed by atoms with E-state index in [1.807, 2.05) is 30.0 Å². The third kappa shape index (κ3) is 5.39. The fourth-order valence-corrected chi connectivity index (χ4v) is 4.76. The molecule has 2 aromatic heterocycles. The highest BCUT2D eigenvalue weighted by atomic mass is 16.5. The molecule has 2 aromatic carbocycles. The molecule has 0 aliphatic carbocycles. The van der Waals surface area contributed by atoms with Crippen molar-refractivity contribution in [2.45, 2.75) is 33.6 Å². The first kappa shape index (κ1) is 25.4. The summed E-state index contributed by atoms with van der Waals surface area (Å²) >= 11 is 0. The summed E-state index contributed by atoms with van der Waals surface area (Å²) in [7, 11) is 0. The van der Waals surface area contributed by atoms with Crippen LogP contribution in [0, 0.1) is 13.8 Å². The molecule has 8 nitrogen and oxygen atoms in total. The van der Waals surface area contributed by atoms with Crippen LogP contribution in [0.3, 0.4) is 0 Å². The lowest BCUT2D eigenvalue weighted by atomic mass is 10.0. The van der Waals surface area contributed by atoms with Crippen molar-refractivity contribution in [2.24, 2.45) is 0 Å². The molecule has 0 spiro atoms. The number of carbonyl (C=O) groups excluding carboxylic acids is 1. The van der Waals surface area contributed by atoms with E-state index in [0.717, 1.165) is 28.1 Å². The molecule has 1 aliphatic heterocycles. The summed E-state index contributed by atoms with van der Waals surface area (Å²) in [5.41, 5.74) is 12.8. The van der Waals surface area contributed by atoms with Gasteiger partial charge in [-0.05, 0) is 49.1 Å². The van der Waals surface area contributed by atoms with Crippen LogP contribution in [0.5, 0.6) is 5.75 Å². The van der Waals surface area contributed by atoms with Crippen molar-refractivity contribution in [3.05, 3.63) is 71.3 Å². The highest BCUT2D eigenvalue weighted by Crippen LogP contribution is 2.29. The number of aryl methyl sites for hydroxylation is 2. The van der Waals surface area contributed by atoms with Gasteiger partial charge in [0, 0.05) is 31.7 Å². The number of piperazine rings is 1. The molecule has 38 heavy (non-hydrogen) atoms. The fraction of sp³-hybridized carbons (Fsp3) is 0.333. The average molecular weight is 511 g/mol. The minimum Gasteiger partial charge on any atom is -0.483 e. The molecule has 0 atom stereocenters. The van der Waals surface area contributed by atoms with E-state index in [2.05, 4.69) is 72.0 Å². The molecule has 8 heteroatoms. The van der Waals surface area contributed by atoms with Gasteiger partial charge < -0.3 is 20.3 Å². The van der Waals surface area contributed by atoms with E-state index in [1.165, 1.54) is 5.56 Å². The molecule has 4 aromatic rings. The number of nitrogens with two attached hydrogens (primary N) is 1. The maximum Gasteiger partial charge on any atom is 0.260 e. The number of hydrogen-bond acceptors (Lipinski definition) is 7. The first-order chi connectivity index (χ1) is 18.3. The SMILES string of the molecule is Cc1ccc(-c2ccc3nc(N)nc(N4CCN(C(=O)COc5cc(C)ccc5C(C)C)CC4)c3n2)cc1. The van der Waals surface area contributed by atoms with Gasteiger partial charge in [-0.25, -0.2) is 9.97 Å². The van der Waals surface area contributed by atoms with Gasteiger partial charge in [0.25, 0.3) is 5.91 Å². The number of nitrogen functional groups attached to an aromatic ring is 1. The standard InChI is InChI=1S/C30H34N6O2/c1-19(2)23-10-7-21(4)17-26(23)38-18-27(37)35-13-15-36(16-14-35)29-28-25(33-30(31)34-29)12-11-24(32-28)22-8-5-20(3)6-9-22/h5-12,17,19H,13-16,18H2,1-4H3,(H2,31,33,34). The van der Waals surface area contributed by atoms with Gasteiger partial charge in [0.2, 0.25) is 5.95 Å². The van der Waals surface area contributed by atoms with Gasteiger partial charge in [0.05, 0.1) is 11.2 Å². The van der Waals surface area contributed by atoms with Crippen molar-refractivity contribution >= 4 is 28.7 Å². The molecule has 0 bridgehead atoms. The van der Waals surface area contributed by atoms with Crippen LogP contribution < -0.4 is 15.4 Å². The van der Waals surface area contributed by atoms with Crippen LogP contribution in [-0.4, -0.2) is 58.5 Å². The molecule has 0 unspecified atom stereocenters. The summed E-state index contributed by atoms with van der Waals surface area (Å²) in [6, 6.07) is 18.3. The molecular formula is C30H34N6O2. The van der Waals surface area contributed by atoms with Crippen molar-refractivity contribution in [1.29, 1.82) is 0 Å². The Morgan fingerprint density at radius 3 is 2.34 bits per heavy atom. The van der Waals surface area contributed by atoms with Crippen LogP contribution in [0.2, 0.25) is 0 Å². The van der Waals surface area contributed by atoms with Crippen molar-refractivity contribution in [2.75, 3.05) is 43.4 Å². The number of nitrogens with zero attached hydrogens (tertiary/aromatic N) is 5. The molecule has 0 saturated carbocycles. The first-order valence-corrected chi connectivity index (χ1v) is 13.1. The Hall–Kier alpha value is -4.20. The van der Waals surface area contributed by atoms with Crippen LogP contribution in [0.4, 0.5) is 11.8 Å². The van der Waals surface area contributed by atoms with Gasteiger partial charge in [-0.15, -0.1) is 0 Å². The second-order valence-electron chi connectivity index (χ2n) is 10.2. The second-order valence-corrected chi connectivity index (χ2v) is 10.2. The van der Waals surface area contributed by atoms with Gasteiger partial charge in [-0.1, -0.05) is 55.8 Å². The number of pyridine rings is 1. The first-order valence-electron chi connectivity index (χ1n) is 13.1. The van der Waals surface area contributed by atoms with Gasteiger partial charge in [0.1, 0.15) is 11.3 Å². The van der Waals surface area contributed by atoms with E-state index in [4.69, 9.17) is 15.5 Å². The van der Waals surface area contributed by atoms with E-state index >= 15 is 0 Å². The summed E-state index contributed by atoms with van der Waals surface area (Å²) < 4.78 is 5.99. The summed E-state index contributed by atoms with van der Waals surface area (Å²) in [6.07, 6.45) is 0. The number of benzene rings is 2. The largest absolute Gasteiger partial charge is 0.483 e. The summed E-state index contributed by atoms with van der Waals surface area (Å²) in [5.74, 6) is 1.99. The molecule has 1 fully saturated rings. The number of ether oxygens (including phenoxy) is 1. The third-order valence-corrected chi connectivity index (χ3v) is 6.96. The minimum atomic E-state index is -0.0206. The molecule has 3 heterocycles. The lowest BCUT2D eigenvalue weighted by Crippen LogP contribution is -2.50. The van der Waals surface area contributed by atoms with E-state index in [1.54, 1.807) is 0 Å². The van der Waals surface area contributed by atoms with E-state index < -0.39 is 0 Å². The topological polar surface area (TPSA) is 97.5 Å². The second kappa shape index (κ2) is 10.7. The maximum absolute atomic E-state index is 13.0. The Labute approximate surface area is 223 Å². The molecule has 0 radical (unpaired) electrons. The van der Waals surface area contributed by atoms with Crippen LogP contribution in [0.1, 0.15) is 36.5 Å². The lowest BCUT2D eigenvalue weighted by Gasteiger charge is -2.35. The number of rotatable bonds is 6. The van der Waals surface area contributed by atoms with E-state index in [0.29, 0.717) is 48.9 Å². The molecule has 1 aliphatic rings. The number of hydrogen-bond donors (Lipinski definition) is 1. The lowest BCUT2D eigenvalue weighted by molar-refractivity contribution is -0.133. The average Bonchev–Trinajstić information content (AvgIpc) is 2.91. The predicted molar refractivity (Wildman–Crippen MR) is 151 cm³/mol. The molecule has 1 saturated heterocycles. The van der Waals surface area contributed by atoms with Gasteiger partial charge in [-0.2, -0.15) is 4.98 Å². The van der Waals surface area contributed by atoms with Gasteiger partial charge in [0.15, 0.2) is 12.4 Å². The Balaban J connectivity index is 1.29. The smallest absolute Gasteiger partial charge is 0.260 e. The molecule has 5 rings (SSSR count). The zero-order valence-electron chi connectivity index (χ0n) is 22.4. The monoisotopic (exact) mass is 510 g/mol. The number of carbonyl (C=O) groups is 1. The maximum atomic E-state index is 13.0. The van der Waals surface area contributed by atoms with E-state index in [9.17, 15) is 4.79 Å². The molecular weight excluding hydrogens is 476 g/mol. The van der Waals surface area contributed by atoms with Crippen LogP contribution in [-0.2, 0) is 4.79 Å². The Bertz CT molecular complexity index is 1460. The Morgan fingerprint density at radius 1 is 0.921 bits per heavy atom. The van der Waals surface area contributed by atoms with Crippen molar-refractivity contribution in [3.63, 3.8) is 0 Å². The van der Waals surface area contributed by atoms with Crippen molar-refractivity contribution in [3.8, 4) is 17.0 Å². The molecule has 2 N–H and O–H groups in total. The minimum absolute atomic E-state index is 0.0206. The number of fused-ring (bicyclic) bond motifs is 1. The summed E-state index contributed by atoms with van der Waals surface area (Å²) in [4.78, 5) is 30.8. The van der Waals surface area contributed by atoms with Crippen molar-refractivity contribution < 1.29 is 9.53 Å². The highest BCUT2D eigenvalue weighted by Gasteiger charge is 2.25. The normalized spacial score (nSPS) is 13.8. The molecule has 1 amide bonds. The van der Waals surface area contributed by atoms with Gasteiger partial charge in [-0.3, -0.25) is 4.79 Å². The number of amides is 1. The highest BCUT2D eigenvalue weighted by molar-refractivity contribution is 5.89. The number of aromatic nitrogens is 3. The Kier molecular flexibility index (Phi) is 7.13. The zero-order valence-corrected chi connectivity index (χ0v) is 22.4. The van der Waals surface area contributed by atoms with Gasteiger partial charge >= 0.3 is 0 Å². The number of anilines is 2.